The molecule has 0 amide bonds. The topological polar surface area (TPSA) is 0 Å². The molecule has 0 spiro atoms. The molecule has 17 heavy (non-hydrogen) atoms. The smallest absolute Gasteiger partial charge is 0.0846 e. The summed E-state index contributed by atoms with van der Waals surface area (Å²) in [5, 5.41) is 1.64. The first kappa shape index (κ1) is 12.5. The van der Waals surface area contributed by atoms with Crippen LogP contribution in [-0.2, 0) is 0 Å². The molecule has 0 aromatic heterocycles. The highest BCUT2D eigenvalue weighted by molar-refractivity contribution is 7.83. The van der Waals surface area contributed by atoms with Crippen molar-refractivity contribution in [1.82, 2.24) is 0 Å². The molecule has 1 atom stereocenters. The van der Waals surface area contributed by atoms with Crippen molar-refractivity contribution in [2.45, 2.75) is 19.2 Å². The van der Waals surface area contributed by atoms with Crippen LogP contribution in [0.1, 0.15) is 29.0 Å². The minimum atomic E-state index is -0.136. The highest BCUT2D eigenvalue weighted by atomic mass is 35.5. The van der Waals surface area contributed by atoms with Crippen molar-refractivity contribution in [3.63, 3.8) is 0 Å². The first-order valence-electron chi connectivity index (χ1n) is 5.57. The second-order valence-corrected chi connectivity index (χ2v) is 5.04. The number of halogens is 1. The van der Waals surface area contributed by atoms with E-state index in [-0.39, 0.29) is 5.38 Å². The monoisotopic (exact) mass is 262 g/mol. The zero-order chi connectivity index (χ0) is 12.4. The summed E-state index contributed by atoms with van der Waals surface area (Å²) in [5.74, 6) is 0. The Kier molecular flexibility index (Phi) is 3.80. The summed E-state index contributed by atoms with van der Waals surface area (Å²) >= 11 is 10.7. The second kappa shape index (κ2) is 5.16. The van der Waals surface area contributed by atoms with Crippen LogP contribution < -0.4 is 0 Å². The lowest BCUT2D eigenvalue weighted by Crippen LogP contribution is -1.99. The molecule has 0 fully saturated rings. The molecule has 0 aliphatic heterocycles. The second-order valence-electron chi connectivity index (χ2n) is 4.35. The summed E-state index contributed by atoms with van der Waals surface area (Å²) in [4.78, 5) is 0. The predicted octanol–water partition coefficient (Wildman–Crippen LogP) is 5.06. The minimum Gasteiger partial charge on any atom is -0.151 e. The molecule has 1 aliphatic rings. The molecule has 0 bridgehead atoms. The Balaban J connectivity index is 2.65. The zero-order valence-electron chi connectivity index (χ0n) is 9.94. The van der Waals surface area contributed by atoms with Crippen molar-refractivity contribution in [3.05, 3.63) is 63.6 Å². The average molecular weight is 263 g/mol. The molecule has 0 N–H and O–H groups in total. The van der Waals surface area contributed by atoms with Crippen LogP contribution in [0.3, 0.4) is 0 Å². The van der Waals surface area contributed by atoms with Crippen molar-refractivity contribution < 1.29 is 0 Å². The van der Waals surface area contributed by atoms with Crippen molar-refractivity contribution in [2.24, 2.45) is 0 Å². The zero-order valence-corrected chi connectivity index (χ0v) is 11.6. The highest BCUT2D eigenvalue weighted by Gasteiger charge is 2.16. The fourth-order valence-electron chi connectivity index (χ4n) is 1.94. The maximum atomic E-state index is 6.51. The van der Waals surface area contributed by atoms with Crippen molar-refractivity contribution in [1.29, 1.82) is 0 Å². The van der Waals surface area contributed by atoms with Gasteiger partial charge in [-0.3, -0.25) is 0 Å². The largest absolute Gasteiger partial charge is 0.151 e. The number of hydrogen-bond acceptors (Lipinski definition) is 1. The third kappa shape index (κ3) is 2.67. The minimum absolute atomic E-state index is 0.136. The van der Waals surface area contributed by atoms with Crippen LogP contribution in [0.15, 0.2) is 46.9 Å². The standard InChI is InChI=1S/C15H15ClS/c1-10-4-6-13(9-17)15(16)14-8-11(2)3-5-12(14)7-10/h3-9,15,17H,1-2H3/b6-4?,10-7?,13-9-. The van der Waals surface area contributed by atoms with Gasteiger partial charge >= 0.3 is 0 Å². The van der Waals surface area contributed by atoms with E-state index in [0.717, 1.165) is 11.1 Å². The normalized spacial score (nSPS) is 21.8. The van der Waals surface area contributed by atoms with Crippen LogP contribution in [0.25, 0.3) is 6.08 Å². The van der Waals surface area contributed by atoms with Gasteiger partial charge in [0, 0.05) is 0 Å². The van der Waals surface area contributed by atoms with Gasteiger partial charge in [0.25, 0.3) is 0 Å². The molecule has 0 nitrogen and oxygen atoms in total. The van der Waals surface area contributed by atoms with Gasteiger partial charge in [0.1, 0.15) is 0 Å². The van der Waals surface area contributed by atoms with Gasteiger partial charge in [-0.15, -0.1) is 11.6 Å². The predicted molar refractivity (Wildman–Crippen MR) is 79.6 cm³/mol. The molecule has 1 unspecified atom stereocenters. The Hall–Kier alpha value is -0.920. The fourth-order valence-corrected chi connectivity index (χ4v) is 2.59. The molecule has 2 heteroatoms. The summed E-state index contributed by atoms with van der Waals surface area (Å²) in [6.45, 7) is 4.17. The summed E-state index contributed by atoms with van der Waals surface area (Å²) < 4.78 is 0. The summed E-state index contributed by atoms with van der Waals surface area (Å²) in [6.07, 6.45) is 6.26. The van der Waals surface area contributed by atoms with E-state index in [1.54, 1.807) is 5.41 Å². The maximum Gasteiger partial charge on any atom is 0.0846 e. The van der Waals surface area contributed by atoms with E-state index in [2.05, 4.69) is 56.8 Å². The third-order valence-corrected chi connectivity index (χ3v) is 3.66. The van der Waals surface area contributed by atoms with E-state index in [1.807, 2.05) is 6.08 Å². The molecule has 0 heterocycles. The lowest BCUT2D eigenvalue weighted by molar-refractivity contribution is 1.13. The van der Waals surface area contributed by atoms with Crippen LogP contribution in [0.5, 0.6) is 0 Å². The maximum absolute atomic E-state index is 6.51. The number of aryl methyl sites for hydroxylation is 1. The van der Waals surface area contributed by atoms with Crippen LogP contribution in [-0.4, -0.2) is 0 Å². The van der Waals surface area contributed by atoms with Gasteiger partial charge in [0.2, 0.25) is 0 Å². The van der Waals surface area contributed by atoms with Crippen molar-refractivity contribution >= 4 is 30.3 Å². The number of rotatable bonds is 0. The molecular weight excluding hydrogens is 248 g/mol. The van der Waals surface area contributed by atoms with Gasteiger partial charge in [-0.25, -0.2) is 0 Å². The summed E-state index contributed by atoms with van der Waals surface area (Å²) in [7, 11) is 0. The number of alkyl halides is 1. The summed E-state index contributed by atoms with van der Waals surface area (Å²) in [5.41, 5.74) is 5.80. The van der Waals surface area contributed by atoms with E-state index in [1.165, 1.54) is 16.7 Å². The molecule has 1 aliphatic carbocycles. The first-order chi connectivity index (χ1) is 8.11. The van der Waals surface area contributed by atoms with Gasteiger partial charge in [0.05, 0.1) is 5.38 Å². The summed E-state index contributed by atoms with van der Waals surface area (Å²) in [6, 6.07) is 6.38. The number of hydrogen-bond donors (Lipinski definition) is 1. The Morgan fingerprint density at radius 1 is 1.24 bits per heavy atom. The third-order valence-electron chi connectivity index (χ3n) is 2.88. The quantitative estimate of drug-likeness (QED) is 0.490. The van der Waals surface area contributed by atoms with E-state index >= 15 is 0 Å². The van der Waals surface area contributed by atoms with Crippen LogP contribution in [0, 0.1) is 6.92 Å². The number of fused-ring (bicyclic) bond motifs is 1. The van der Waals surface area contributed by atoms with E-state index in [0.29, 0.717) is 0 Å². The molecule has 88 valence electrons. The van der Waals surface area contributed by atoms with Crippen molar-refractivity contribution in [2.75, 3.05) is 0 Å². The molecule has 0 saturated heterocycles. The van der Waals surface area contributed by atoms with E-state index < -0.39 is 0 Å². The molecule has 1 aromatic rings. The van der Waals surface area contributed by atoms with Crippen LogP contribution in [0.4, 0.5) is 0 Å². The van der Waals surface area contributed by atoms with Crippen LogP contribution >= 0.6 is 24.2 Å². The number of benzene rings is 1. The Morgan fingerprint density at radius 2 is 2.00 bits per heavy atom. The Bertz CT molecular complexity index is 524. The van der Waals surface area contributed by atoms with Crippen molar-refractivity contribution in [3.8, 4) is 0 Å². The first-order valence-corrected chi connectivity index (χ1v) is 6.52. The van der Waals surface area contributed by atoms with Gasteiger partial charge < -0.3 is 0 Å². The number of thiol groups is 1. The molecule has 0 saturated carbocycles. The average Bonchev–Trinajstić information content (AvgIpc) is 2.30. The Labute approximate surface area is 113 Å². The number of allylic oxidation sites excluding steroid dienone is 4. The molecular formula is C15H15ClS. The molecule has 2 rings (SSSR count). The van der Waals surface area contributed by atoms with E-state index in [9.17, 15) is 0 Å². The van der Waals surface area contributed by atoms with Crippen LogP contribution in [0.2, 0.25) is 0 Å². The Morgan fingerprint density at radius 3 is 2.71 bits per heavy atom. The van der Waals surface area contributed by atoms with Gasteiger partial charge in [-0.05, 0) is 36.0 Å². The van der Waals surface area contributed by atoms with Gasteiger partial charge in [-0.2, -0.15) is 12.6 Å². The lowest BCUT2D eigenvalue weighted by atomic mass is 9.94. The van der Waals surface area contributed by atoms with Gasteiger partial charge in [-0.1, -0.05) is 47.6 Å². The molecule has 0 radical (unpaired) electrons. The fraction of sp³-hybridized carbons (Fsp3) is 0.200. The molecule has 1 aromatic carbocycles. The van der Waals surface area contributed by atoms with Gasteiger partial charge in [0.15, 0.2) is 0 Å². The van der Waals surface area contributed by atoms with E-state index in [4.69, 9.17) is 11.6 Å². The highest BCUT2D eigenvalue weighted by Crippen LogP contribution is 2.35. The SMILES string of the molecule is CC1=Cc2ccc(C)cc2C(Cl)/C(=C\S)C=C1. The lowest BCUT2D eigenvalue weighted by Gasteiger charge is -2.17.